The van der Waals surface area contributed by atoms with Gasteiger partial charge in [0.05, 0.1) is 11.4 Å². The van der Waals surface area contributed by atoms with Crippen molar-refractivity contribution in [1.29, 1.82) is 0 Å². The lowest BCUT2D eigenvalue weighted by Gasteiger charge is -2.08. The summed E-state index contributed by atoms with van der Waals surface area (Å²) in [6.45, 7) is 2.26. The molecule has 0 aliphatic heterocycles. The van der Waals surface area contributed by atoms with Crippen molar-refractivity contribution < 1.29 is 8.42 Å². The Hall–Kier alpha value is -1.41. The number of hydrogen-bond donors (Lipinski definition) is 3. The van der Waals surface area contributed by atoms with E-state index in [9.17, 15) is 8.42 Å². The Kier molecular flexibility index (Phi) is 5.00. The highest BCUT2D eigenvalue weighted by atomic mass is 35.5. The van der Waals surface area contributed by atoms with Crippen LogP contribution < -0.4 is 10.0 Å². The van der Waals surface area contributed by atoms with E-state index < -0.39 is 10.0 Å². The minimum absolute atomic E-state index is 0.198. The predicted octanol–water partition coefficient (Wildman–Crippen LogP) is 1.57. The van der Waals surface area contributed by atoms with Gasteiger partial charge in [-0.1, -0.05) is 23.7 Å². The number of benzene rings is 1. The molecule has 2 aromatic rings. The fourth-order valence-electron chi connectivity index (χ4n) is 1.97. The lowest BCUT2D eigenvalue weighted by Crippen LogP contribution is -2.25. The Morgan fingerprint density at radius 1 is 1.24 bits per heavy atom. The average Bonchev–Trinajstić information content (AvgIpc) is 2.80. The van der Waals surface area contributed by atoms with E-state index in [1.807, 2.05) is 0 Å². The molecule has 114 valence electrons. The van der Waals surface area contributed by atoms with Crippen LogP contribution in [0.4, 0.5) is 0 Å². The van der Waals surface area contributed by atoms with Crippen LogP contribution >= 0.6 is 11.6 Å². The van der Waals surface area contributed by atoms with E-state index >= 15 is 0 Å². The Bertz CT molecular complexity index is 710. The first-order valence-electron chi connectivity index (χ1n) is 6.36. The van der Waals surface area contributed by atoms with Crippen molar-refractivity contribution in [3.05, 3.63) is 46.2 Å². The van der Waals surface area contributed by atoms with Crippen molar-refractivity contribution in [2.45, 2.75) is 24.9 Å². The van der Waals surface area contributed by atoms with Gasteiger partial charge in [0.15, 0.2) is 0 Å². The Balaban J connectivity index is 2.18. The van der Waals surface area contributed by atoms with Gasteiger partial charge < -0.3 is 5.32 Å². The molecule has 0 fully saturated rings. The Morgan fingerprint density at radius 2 is 1.90 bits per heavy atom. The topological polar surface area (TPSA) is 86.9 Å². The molecule has 2 rings (SSSR count). The minimum atomic E-state index is -3.63. The van der Waals surface area contributed by atoms with E-state index in [1.54, 1.807) is 38.2 Å². The summed E-state index contributed by atoms with van der Waals surface area (Å²) in [5.74, 6) is 0. The molecule has 1 heterocycles. The van der Waals surface area contributed by atoms with Crippen molar-refractivity contribution in [3.8, 4) is 0 Å². The number of aromatic amines is 1. The molecule has 1 aromatic heterocycles. The standard InChI is InChI=1S/C13H17ClN4O2S/c1-9-13(12(8-15-2)18-17-9)21(19,20)16-7-10-3-5-11(14)6-4-10/h3-6,15-16H,7-8H2,1-2H3,(H,17,18). The van der Waals surface area contributed by atoms with Gasteiger partial charge in [-0.25, -0.2) is 13.1 Å². The molecular weight excluding hydrogens is 312 g/mol. The van der Waals surface area contributed by atoms with Crippen LogP contribution in [0.2, 0.25) is 5.02 Å². The molecule has 21 heavy (non-hydrogen) atoms. The minimum Gasteiger partial charge on any atom is -0.314 e. The molecular formula is C13H17ClN4O2S. The first-order chi connectivity index (χ1) is 9.94. The number of H-pyrrole nitrogens is 1. The van der Waals surface area contributed by atoms with Crippen molar-refractivity contribution >= 4 is 21.6 Å². The van der Waals surface area contributed by atoms with Crippen LogP contribution in [0, 0.1) is 6.92 Å². The van der Waals surface area contributed by atoms with Crippen LogP contribution in [0.15, 0.2) is 29.2 Å². The summed E-state index contributed by atoms with van der Waals surface area (Å²) in [6, 6.07) is 7.00. The van der Waals surface area contributed by atoms with Gasteiger partial charge in [-0.2, -0.15) is 5.10 Å². The molecule has 3 N–H and O–H groups in total. The van der Waals surface area contributed by atoms with Crippen LogP contribution in [-0.2, 0) is 23.1 Å². The second-order valence-corrected chi connectivity index (χ2v) is 6.75. The summed E-state index contributed by atoms with van der Waals surface area (Å²) < 4.78 is 27.4. The van der Waals surface area contributed by atoms with Crippen molar-refractivity contribution in [1.82, 2.24) is 20.2 Å². The van der Waals surface area contributed by atoms with Crippen molar-refractivity contribution in [2.24, 2.45) is 0 Å². The summed E-state index contributed by atoms with van der Waals surface area (Å²) in [5, 5.41) is 10.2. The van der Waals surface area contributed by atoms with Crippen molar-refractivity contribution in [2.75, 3.05) is 7.05 Å². The highest BCUT2D eigenvalue weighted by Crippen LogP contribution is 2.18. The first kappa shape index (κ1) is 16.0. The van der Waals surface area contributed by atoms with Gasteiger partial charge in [0.2, 0.25) is 10.0 Å². The van der Waals surface area contributed by atoms with Crippen LogP contribution in [0.1, 0.15) is 17.0 Å². The average molecular weight is 329 g/mol. The zero-order chi connectivity index (χ0) is 15.5. The maximum atomic E-state index is 12.4. The maximum Gasteiger partial charge on any atom is 0.244 e. The molecule has 1 aromatic carbocycles. The molecule has 0 atom stereocenters. The molecule has 0 saturated heterocycles. The third-order valence-electron chi connectivity index (χ3n) is 2.95. The normalized spacial score (nSPS) is 11.8. The molecule has 0 radical (unpaired) electrons. The van der Waals surface area contributed by atoms with Gasteiger partial charge >= 0.3 is 0 Å². The highest BCUT2D eigenvalue weighted by molar-refractivity contribution is 7.89. The summed E-state index contributed by atoms with van der Waals surface area (Å²) in [7, 11) is -1.89. The maximum absolute atomic E-state index is 12.4. The second kappa shape index (κ2) is 6.57. The molecule has 0 saturated carbocycles. The smallest absolute Gasteiger partial charge is 0.244 e. The highest BCUT2D eigenvalue weighted by Gasteiger charge is 2.23. The summed E-state index contributed by atoms with van der Waals surface area (Å²) in [6.07, 6.45) is 0. The number of aryl methyl sites for hydroxylation is 1. The van der Waals surface area contributed by atoms with E-state index in [2.05, 4.69) is 20.2 Å². The van der Waals surface area contributed by atoms with Gasteiger partial charge in [-0.3, -0.25) is 5.10 Å². The van der Waals surface area contributed by atoms with Gasteiger partial charge in [0.25, 0.3) is 0 Å². The SMILES string of the molecule is CNCc1n[nH]c(C)c1S(=O)(=O)NCc1ccc(Cl)cc1. The Labute approximate surface area is 129 Å². The van der Waals surface area contributed by atoms with E-state index in [1.165, 1.54) is 0 Å². The van der Waals surface area contributed by atoms with E-state index in [0.29, 0.717) is 23.0 Å². The summed E-state index contributed by atoms with van der Waals surface area (Å²) in [4.78, 5) is 0.200. The van der Waals surface area contributed by atoms with Crippen LogP contribution in [0.3, 0.4) is 0 Å². The molecule has 8 heteroatoms. The van der Waals surface area contributed by atoms with Crippen LogP contribution in [0.5, 0.6) is 0 Å². The number of rotatable bonds is 6. The molecule has 0 aliphatic rings. The molecule has 0 unspecified atom stereocenters. The lowest BCUT2D eigenvalue weighted by molar-refractivity contribution is 0.578. The number of nitrogens with zero attached hydrogens (tertiary/aromatic N) is 1. The number of halogens is 1. The van der Waals surface area contributed by atoms with Gasteiger partial charge in [0.1, 0.15) is 4.90 Å². The van der Waals surface area contributed by atoms with Crippen molar-refractivity contribution in [3.63, 3.8) is 0 Å². The Morgan fingerprint density at radius 3 is 2.52 bits per heavy atom. The quantitative estimate of drug-likeness (QED) is 0.751. The summed E-state index contributed by atoms with van der Waals surface area (Å²) in [5.41, 5.74) is 1.82. The second-order valence-electron chi connectivity index (χ2n) is 4.61. The predicted molar refractivity (Wildman–Crippen MR) is 81.6 cm³/mol. The molecule has 0 bridgehead atoms. The van der Waals surface area contributed by atoms with Gasteiger partial charge in [0, 0.05) is 18.1 Å². The fourth-order valence-corrected chi connectivity index (χ4v) is 3.47. The van der Waals surface area contributed by atoms with E-state index in [-0.39, 0.29) is 11.4 Å². The third-order valence-corrected chi connectivity index (χ3v) is 4.81. The third kappa shape index (κ3) is 3.82. The number of hydrogen-bond acceptors (Lipinski definition) is 4. The number of nitrogens with one attached hydrogen (secondary N) is 3. The molecule has 6 nitrogen and oxygen atoms in total. The number of sulfonamides is 1. The van der Waals surface area contributed by atoms with E-state index in [0.717, 1.165) is 5.56 Å². The first-order valence-corrected chi connectivity index (χ1v) is 8.22. The van der Waals surface area contributed by atoms with Gasteiger partial charge in [-0.05, 0) is 31.7 Å². The summed E-state index contributed by atoms with van der Waals surface area (Å²) >= 11 is 5.80. The molecule has 0 aliphatic carbocycles. The largest absolute Gasteiger partial charge is 0.314 e. The zero-order valence-corrected chi connectivity index (χ0v) is 13.3. The van der Waals surface area contributed by atoms with E-state index in [4.69, 9.17) is 11.6 Å². The number of aromatic nitrogens is 2. The lowest BCUT2D eigenvalue weighted by atomic mass is 10.2. The monoisotopic (exact) mass is 328 g/mol. The van der Waals surface area contributed by atoms with Gasteiger partial charge in [-0.15, -0.1) is 0 Å². The molecule has 0 amide bonds. The van der Waals surface area contributed by atoms with Crippen LogP contribution in [-0.4, -0.2) is 25.7 Å². The van der Waals surface area contributed by atoms with Crippen LogP contribution in [0.25, 0.3) is 0 Å². The fraction of sp³-hybridized carbons (Fsp3) is 0.308. The zero-order valence-electron chi connectivity index (χ0n) is 11.8. The molecule has 0 spiro atoms.